The van der Waals surface area contributed by atoms with E-state index in [-0.39, 0.29) is 12.6 Å². The van der Waals surface area contributed by atoms with Gasteiger partial charge in [-0.3, -0.25) is 4.79 Å². The molecular weight excluding hydrogens is 292 g/mol. The molecule has 0 spiro atoms. The monoisotopic (exact) mass is 310 g/mol. The molecule has 6 heteroatoms. The summed E-state index contributed by atoms with van der Waals surface area (Å²) in [4.78, 5) is 26.2. The summed E-state index contributed by atoms with van der Waals surface area (Å²) in [6, 6.07) is 7.04. The minimum absolute atomic E-state index is 0.262. The summed E-state index contributed by atoms with van der Waals surface area (Å²) in [5.74, 6) is -0.544. The van der Waals surface area contributed by atoms with Crippen LogP contribution in [0.5, 0.6) is 0 Å². The van der Waals surface area contributed by atoms with Crippen molar-refractivity contribution < 1.29 is 14.7 Å². The van der Waals surface area contributed by atoms with Crippen molar-refractivity contribution in [2.45, 2.75) is 19.4 Å². The number of hydrogen-bond acceptors (Lipinski definition) is 2. The summed E-state index contributed by atoms with van der Waals surface area (Å²) in [5, 5.41) is 9.55. The largest absolute Gasteiger partial charge is 0.480 e. The molecule has 114 valence electrons. The zero-order chi connectivity index (χ0) is 15.4. The van der Waals surface area contributed by atoms with Crippen molar-refractivity contribution >= 4 is 23.6 Å². The minimum atomic E-state index is -0.991. The van der Waals surface area contributed by atoms with Gasteiger partial charge in [-0.15, -0.1) is 0 Å². The minimum Gasteiger partial charge on any atom is -0.480 e. The van der Waals surface area contributed by atoms with E-state index in [4.69, 9.17) is 16.7 Å². The molecule has 0 unspecified atom stereocenters. The predicted octanol–water partition coefficient (Wildman–Crippen LogP) is 2.69. The number of carbonyl (C=O) groups is 2. The Balaban J connectivity index is 2.01. The average molecular weight is 311 g/mol. The molecule has 0 aromatic heterocycles. The van der Waals surface area contributed by atoms with Gasteiger partial charge in [-0.2, -0.15) is 0 Å². The number of carboxylic acids is 1. The highest BCUT2D eigenvalue weighted by molar-refractivity contribution is 6.31. The lowest BCUT2D eigenvalue weighted by atomic mass is 10.2. The molecule has 1 fully saturated rings. The second kappa shape index (κ2) is 6.80. The highest BCUT2D eigenvalue weighted by atomic mass is 35.5. The van der Waals surface area contributed by atoms with Crippen LogP contribution >= 0.6 is 11.6 Å². The van der Waals surface area contributed by atoms with Crippen LogP contribution in [-0.2, 0) is 11.3 Å². The van der Waals surface area contributed by atoms with Crippen LogP contribution in [0.4, 0.5) is 4.79 Å². The van der Waals surface area contributed by atoms with Crippen LogP contribution in [0.2, 0.25) is 5.02 Å². The number of amides is 2. The van der Waals surface area contributed by atoms with Crippen LogP contribution in [-0.4, -0.2) is 47.0 Å². The van der Waals surface area contributed by atoms with Gasteiger partial charge in [-0.1, -0.05) is 29.8 Å². The molecule has 0 saturated heterocycles. The topological polar surface area (TPSA) is 60.9 Å². The zero-order valence-corrected chi connectivity index (χ0v) is 12.7. The summed E-state index contributed by atoms with van der Waals surface area (Å²) < 4.78 is 0. The maximum Gasteiger partial charge on any atom is 0.323 e. The molecule has 2 amide bonds. The molecule has 1 aliphatic rings. The Morgan fingerprint density at radius 3 is 2.57 bits per heavy atom. The fraction of sp³-hybridized carbons (Fsp3) is 0.467. The van der Waals surface area contributed by atoms with Gasteiger partial charge in [0.1, 0.15) is 6.54 Å². The normalized spacial score (nSPS) is 13.8. The van der Waals surface area contributed by atoms with Crippen molar-refractivity contribution in [3.63, 3.8) is 0 Å². The quantitative estimate of drug-likeness (QED) is 0.878. The van der Waals surface area contributed by atoms with Crippen LogP contribution in [0, 0.1) is 5.92 Å². The van der Waals surface area contributed by atoms with E-state index in [1.54, 1.807) is 13.1 Å². The third kappa shape index (κ3) is 4.63. The van der Waals surface area contributed by atoms with Gasteiger partial charge in [0.2, 0.25) is 0 Å². The van der Waals surface area contributed by atoms with E-state index >= 15 is 0 Å². The molecule has 1 aromatic carbocycles. The van der Waals surface area contributed by atoms with E-state index in [2.05, 4.69) is 0 Å². The first-order chi connectivity index (χ1) is 9.97. The van der Waals surface area contributed by atoms with E-state index in [1.165, 1.54) is 9.80 Å². The number of carboxylic acid groups (broad SMARTS) is 1. The van der Waals surface area contributed by atoms with Gasteiger partial charge in [-0.05, 0) is 30.4 Å². The standard InChI is InChI=1S/C15H19ClN2O3/c1-17(9-12-4-2-3-5-13(12)16)15(21)18(10-14(19)20)8-11-6-7-11/h2-5,11H,6-10H2,1H3,(H,19,20). The van der Waals surface area contributed by atoms with E-state index in [0.717, 1.165) is 18.4 Å². The Labute approximate surface area is 129 Å². The summed E-state index contributed by atoms with van der Waals surface area (Å²) in [7, 11) is 1.66. The Bertz CT molecular complexity index is 531. The third-order valence-corrected chi connectivity index (χ3v) is 3.83. The molecule has 5 nitrogen and oxygen atoms in total. The number of aliphatic carboxylic acids is 1. The summed E-state index contributed by atoms with van der Waals surface area (Å²) in [6.07, 6.45) is 2.13. The van der Waals surface area contributed by atoms with E-state index in [9.17, 15) is 9.59 Å². The summed E-state index contributed by atoms with van der Waals surface area (Å²) in [6.45, 7) is 0.611. The van der Waals surface area contributed by atoms with Crippen molar-refractivity contribution in [3.05, 3.63) is 34.9 Å². The lowest BCUT2D eigenvalue weighted by Crippen LogP contribution is -2.44. The van der Waals surface area contributed by atoms with Gasteiger partial charge < -0.3 is 14.9 Å². The lowest BCUT2D eigenvalue weighted by molar-refractivity contribution is -0.137. The van der Waals surface area contributed by atoms with Crippen molar-refractivity contribution in [2.75, 3.05) is 20.1 Å². The lowest BCUT2D eigenvalue weighted by Gasteiger charge is -2.27. The van der Waals surface area contributed by atoms with Crippen LogP contribution in [0.1, 0.15) is 18.4 Å². The SMILES string of the molecule is CN(Cc1ccccc1Cl)C(=O)N(CC(=O)O)CC1CC1. The van der Waals surface area contributed by atoms with Crippen molar-refractivity contribution in [1.29, 1.82) is 0 Å². The van der Waals surface area contributed by atoms with Gasteiger partial charge in [-0.25, -0.2) is 4.79 Å². The fourth-order valence-corrected chi connectivity index (χ4v) is 2.37. The number of benzene rings is 1. The van der Waals surface area contributed by atoms with Crippen molar-refractivity contribution in [2.24, 2.45) is 5.92 Å². The zero-order valence-electron chi connectivity index (χ0n) is 12.0. The predicted molar refractivity (Wildman–Crippen MR) is 80.2 cm³/mol. The molecule has 0 atom stereocenters. The van der Waals surface area contributed by atoms with Gasteiger partial charge in [0.05, 0.1) is 0 Å². The number of urea groups is 1. The molecular formula is C15H19ClN2O3. The van der Waals surface area contributed by atoms with Crippen LogP contribution < -0.4 is 0 Å². The highest BCUT2D eigenvalue weighted by Gasteiger charge is 2.29. The molecule has 2 rings (SSSR count). The Kier molecular flexibility index (Phi) is 5.07. The number of rotatable bonds is 6. The van der Waals surface area contributed by atoms with Crippen LogP contribution in [0.25, 0.3) is 0 Å². The third-order valence-electron chi connectivity index (χ3n) is 3.46. The molecule has 1 aromatic rings. The maximum atomic E-state index is 12.4. The summed E-state index contributed by atoms with van der Waals surface area (Å²) in [5.41, 5.74) is 0.844. The average Bonchev–Trinajstić information content (AvgIpc) is 3.23. The molecule has 1 saturated carbocycles. The fourth-order valence-electron chi connectivity index (χ4n) is 2.18. The molecule has 1 N–H and O–H groups in total. The molecule has 1 aliphatic carbocycles. The van der Waals surface area contributed by atoms with Crippen molar-refractivity contribution in [3.8, 4) is 0 Å². The second-order valence-electron chi connectivity index (χ2n) is 5.45. The van der Waals surface area contributed by atoms with Gasteiger partial charge in [0.25, 0.3) is 0 Å². The van der Waals surface area contributed by atoms with Gasteiger partial charge >= 0.3 is 12.0 Å². The maximum absolute atomic E-state index is 12.4. The second-order valence-corrected chi connectivity index (χ2v) is 5.85. The number of hydrogen-bond donors (Lipinski definition) is 1. The van der Waals surface area contributed by atoms with E-state index in [1.807, 2.05) is 18.2 Å². The first-order valence-corrected chi connectivity index (χ1v) is 7.30. The van der Waals surface area contributed by atoms with E-state index < -0.39 is 5.97 Å². The highest BCUT2D eigenvalue weighted by Crippen LogP contribution is 2.30. The Morgan fingerprint density at radius 1 is 1.33 bits per heavy atom. The Hall–Kier alpha value is -1.75. The first-order valence-electron chi connectivity index (χ1n) is 6.92. The number of carbonyl (C=O) groups excluding carboxylic acids is 1. The molecule has 0 radical (unpaired) electrons. The number of halogens is 1. The Morgan fingerprint density at radius 2 is 2.00 bits per heavy atom. The van der Waals surface area contributed by atoms with E-state index in [0.29, 0.717) is 24.0 Å². The first kappa shape index (κ1) is 15.6. The summed E-state index contributed by atoms with van der Waals surface area (Å²) >= 11 is 6.09. The van der Waals surface area contributed by atoms with Crippen LogP contribution in [0.15, 0.2) is 24.3 Å². The molecule has 0 bridgehead atoms. The van der Waals surface area contributed by atoms with Gasteiger partial charge in [0.15, 0.2) is 0 Å². The molecule has 21 heavy (non-hydrogen) atoms. The molecule has 0 heterocycles. The van der Waals surface area contributed by atoms with Crippen LogP contribution in [0.3, 0.4) is 0 Å². The van der Waals surface area contributed by atoms with Gasteiger partial charge in [0, 0.05) is 25.2 Å². The smallest absolute Gasteiger partial charge is 0.323 e. The number of nitrogens with zero attached hydrogens (tertiary/aromatic N) is 2. The van der Waals surface area contributed by atoms with Crippen molar-refractivity contribution in [1.82, 2.24) is 9.80 Å². The molecule has 0 aliphatic heterocycles.